The van der Waals surface area contributed by atoms with Crippen LogP contribution in [0.4, 0.5) is 0 Å². The van der Waals surface area contributed by atoms with Crippen molar-refractivity contribution < 1.29 is 19.4 Å². The van der Waals surface area contributed by atoms with Crippen LogP contribution in [0.1, 0.15) is 12.8 Å². The first-order chi connectivity index (χ1) is 6.58. The Kier molecular flexibility index (Phi) is 2.16. The Bertz CT molecular complexity index is 281. The second-order valence-corrected chi connectivity index (χ2v) is 3.64. The van der Waals surface area contributed by atoms with Crippen molar-refractivity contribution in [2.45, 2.75) is 31.2 Å². The third-order valence-electron chi connectivity index (χ3n) is 2.60. The van der Waals surface area contributed by atoms with Crippen LogP contribution in [0.3, 0.4) is 0 Å². The summed E-state index contributed by atoms with van der Waals surface area (Å²) < 4.78 is 5.41. The molecule has 6 heteroatoms. The zero-order chi connectivity index (χ0) is 10.3. The fourth-order valence-electron chi connectivity index (χ4n) is 1.76. The number of ether oxygens (including phenoxy) is 1. The molecule has 2 aliphatic rings. The number of carboxylic acids is 1. The molecule has 3 atom stereocenters. The van der Waals surface area contributed by atoms with Gasteiger partial charge in [0.05, 0.1) is 12.5 Å². The number of hydrogen-bond acceptors (Lipinski definition) is 4. The number of amides is 1. The summed E-state index contributed by atoms with van der Waals surface area (Å²) in [7, 11) is 0. The maximum atomic E-state index is 11.0. The summed E-state index contributed by atoms with van der Waals surface area (Å²) in [6.07, 6.45) is 0.320. The molecule has 0 bridgehead atoms. The van der Waals surface area contributed by atoms with E-state index in [9.17, 15) is 9.59 Å². The topological polar surface area (TPSA) is 92.9 Å². The normalized spacial score (nSPS) is 32.4. The van der Waals surface area contributed by atoms with Crippen molar-refractivity contribution >= 4 is 11.9 Å². The van der Waals surface area contributed by atoms with Crippen molar-refractivity contribution in [3.63, 3.8) is 0 Å². The zero-order valence-electron chi connectivity index (χ0n) is 7.55. The Labute approximate surface area is 80.6 Å². The second kappa shape index (κ2) is 3.21. The van der Waals surface area contributed by atoms with E-state index in [0.29, 0.717) is 13.0 Å². The Morgan fingerprint density at radius 3 is 3.00 bits per heavy atom. The van der Waals surface area contributed by atoms with E-state index in [1.165, 1.54) is 0 Å². The summed E-state index contributed by atoms with van der Waals surface area (Å²) in [4.78, 5) is 23.1. The van der Waals surface area contributed by atoms with Gasteiger partial charge in [-0.15, -0.1) is 0 Å². The molecular formula is C8H12N2O4. The highest BCUT2D eigenvalue weighted by Crippen LogP contribution is 2.29. The van der Waals surface area contributed by atoms with Crippen LogP contribution in [-0.2, 0) is 14.3 Å². The van der Waals surface area contributed by atoms with E-state index in [1.807, 2.05) is 0 Å². The maximum absolute atomic E-state index is 11.0. The Balaban J connectivity index is 1.84. The molecule has 0 aromatic carbocycles. The number of fused-ring (bicyclic) bond motifs is 1. The van der Waals surface area contributed by atoms with E-state index < -0.39 is 12.0 Å². The maximum Gasteiger partial charge on any atom is 0.320 e. The molecule has 78 valence electrons. The number of hydrogen-bond donors (Lipinski definition) is 2. The van der Waals surface area contributed by atoms with Gasteiger partial charge >= 0.3 is 5.97 Å². The standard InChI is InChI=1S/C8H12N2O4/c9-5(8(12)13)1-4-3-10-6(11)2-7(10)14-4/h4-5,7H,1-3,9H2,(H,12,13)/t4?,5-,7?/m1/s1. The van der Waals surface area contributed by atoms with Crippen molar-refractivity contribution in [2.75, 3.05) is 6.54 Å². The minimum absolute atomic E-state index is 0.0707. The van der Waals surface area contributed by atoms with Gasteiger partial charge in [0.1, 0.15) is 12.3 Å². The molecule has 2 rings (SSSR count). The lowest BCUT2D eigenvalue weighted by Gasteiger charge is -2.31. The zero-order valence-corrected chi connectivity index (χ0v) is 7.55. The molecule has 2 unspecified atom stereocenters. The molecule has 14 heavy (non-hydrogen) atoms. The lowest BCUT2D eigenvalue weighted by atomic mass is 10.1. The van der Waals surface area contributed by atoms with Crippen LogP contribution in [0.5, 0.6) is 0 Å². The summed E-state index contributed by atoms with van der Waals surface area (Å²) in [5.74, 6) is -0.962. The molecule has 0 aliphatic carbocycles. The molecule has 1 amide bonds. The molecule has 2 heterocycles. The van der Waals surface area contributed by atoms with Gasteiger partial charge in [-0.2, -0.15) is 0 Å². The van der Waals surface area contributed by atoms with Crippen LogP contribution in [0.25, 0.3) is 0 Å². The number of carbonyl (C=O) groups excluding carboxylic acids is 1. The second-order valence-electron chi connectivity index (χ2n) is 3.64. The SMILES string of the molecule is N[C@H](CC1CN2C(=O)CC2O1)C(=O)O. The van der Waals surface area contributed by atoms with Gasteiger partial charge in [0.25, 0.3) is 0 Å². The van der Waals surface area contributed by atoms with Gasteiger partial charge in [0.2, 0.25) is 5.91 Å². The van der Waals surface area contributed by atoms with Gasteiger partial charge in [-0.1, -0.05) is 0 Å². The van der Waals surface area contributed by atoms with Crippen LogP contribution in [0.15, 0.2) is 0 Å². The Morgan fingerprint density at radius 1 is 1.79 bits per heavy atom. The highest BCUT2D eigenvalue weighted by molar-refractivity contribution is 5.83. The van der Waals surface area contributed by atoms with Gasteiger partial charge < -0.3 is 20.5 Å². The molecule has 2 saturated heterocycles. The van der Waals surface area contributed by atoms with Crippen LogP contribution in [0.2, 0.25) is 0 Å². The molecule has 0 spiro atoms. The minimum atomic E-state index is -1.03. The van der Waals surface area contributed by atoms with Crippen LogP contribution in [-0.4, -0.2) is 46.8 Å². The van der Waals surface area contributed by atoms with Gasteiger partial charge in [-0.25, -0.2) is 0 Å². The van der Waals surface area contributed by atoms with Crippen molar-refractivity contribution in [3.8, 4) is 0 Å². The van der Waals surface area contributed by atoms with Crippen LogP contribution >= 0.6 is 0 Å². The van der Waals surface area contributed by atoms with Gasteiger partial charge in [0.15, 0.2) is 0 Å². The van der Waals surface area contributed by atoms with E-state index >= 15 is 0 Å². The van der Waals surface area contributed by atoms with E-state index in [-0.39, 0.29) is 24.7 Å². The minimum Gasteiger partial charge on any atom is -0.480 e. The molecule has 3 N–H and O–H groups in total. The molecular weight excluding hydrogens is 188 g/mol. The lowest BCUT2D eigenvalue weighted by Crippen LogP contribution is -2.48. The third kappa shape index (κ3) is 1.46. The van der Waals surface area contributed by atoms with Crippen molar-refractivity contribution in [2.24, 2.45) is 5.73 Å². The highest BCUT2D eigenvalue weighted by Gasteiger charge is 2.45. The predicted octanol–water partition coefficient (Wildman–Crippen LogP) is -1.25. The van der Waals surface area contributed by atoms with E-state index in [2.05, 4.69) is 0 Å². The van der Waals surface area contributed by atoms with Crippen molar-refractivity contribution in [1.82, 2.24) is 4.90 Å². The monoisotopic (exact) mass is 200 g/mol. The lowest BCUT2D eigenvalue weighted by molar-refractivity contribution is -0.157. The van der Waals surface area contributed by atoms with Crippen LogP contribution in [0, 0.1) is 0 Å². The summed E-state index contributed by atoms with van der Waals surface area (Å²) >= 11 is 0. The van der Waals surface area contributed by atoms with E-state index in [4.69, 9.17) is 15.6 Å². The highest BCUT2D eigenvalue weighted by atomic mass is 16.5. The fourth-order valence-corrected chi connectivity index (χ4v) is 1.76. The molecule has 6 nitrogen and oxygen atoms in total. The Hall–Kier alpha value is -1.14. The first-order valence-corrected chi connectivity index (χ1v) is 4.51. The van der Waals surface area contributed by atoms with Crippen molar-refractivity contribution in [1.29, 1.82) is 0 Å². The first kappa shape index (κ1) is 9.42. The summed E-state index contributed by atoms with van der Waals surface area (Å²) in [5, 5.41) is 8.58. The van der Waals surface area contributed by atoms with Gasteiger partial charge in [-0.05, 0) is 0 Å². The largest absolute Gasteiger partial charge is 0.480 e. The molecule has 0 aromatic heterocycles. The predicted molar refractivity (Wildman–Crippen MR) is 45.2 cm³/mol. The number of carbonyl (C=O) groups is 2. The number of aliphatic carboxylic acids is 1. The number of β-lactam (4-membered cyclic amide) rings is 1. The molecule has 0 aromatic rings. The third-order valence-corrected chi connectivity index (χ3v) is 2.60. The van der Waals surface area contributed by atoms with Gasteiger partial charge in [-0.3, -0.25) is 9.59 Å². The van der Waals surface area contributed by atoms with E-state index in [1.54, 1.807) is 4.90 Å². The number of nitrogens with two attached hydrogens (primary N) is 1. The summed E-state index contributed by atoms with van der Waals surface area (Å²) in [6.45, 7) is 0.477. The summed E-state index contributed by atoms with van der Waals surface area (Å²) in [5.41, 5.74) is 5.36. The van der Waals surface area contributed by atoms with Crippen molar-refractivity contribution in [3.05, 3.63) is 0 Å². The fraction of sp³-hybridized carbons (Fsp3) is 0.750. The number of carboxylic acid groups (broad SMARTS) is 1. The average molecular weight is 200 g/mol. The first-order valence-electron chi connectivity index (χ1n) is 4.51. The molecule has 0 saturated carbocycles. The average Bonchev–Trinajstić information content (AvgIpc) is 2.42. The molecule has 2 aliphatic heterocycles. The molecule has 2 fully saturated rings. The molecule has 0 radical (unpaired) electrons. The summed E-state index contributed by atoms with van der Waals surface area (Å²) in [6, 6.07) is -0.909. The van der Waals surface area contributed by atoms with Crippen LogP contribution < -0.4 is 5.73 Å². The van der Waals surface area contributed by atoms with E-state index in [0.717, 1.165) is 0 Å². The Morgan fingerprint density at radius 2 is 2.50 bits per heavy atom. The quantitative estimate of drug-likeness (QED) is 0.555. The number of nitrogens with zero attached hydrogens (tertiary/aromatic N) is 1. The smallest absolute Gasteiger partial charge is 0.320 e. The van der Waals surface area contributed by atoms with Gasteiger partial charge in [0, 0.05) is 13.0 Å². The number of rotatable bonds is 3.